The molecule has 0 bridgehead atoms. The number of fused-ring (bicyclic) bond motifs is 1. The van der Waals surface area contributed by atoms with E-state index in [0.29, 0.717) is 48.0 Å². The van der Waals surface area contributed by atoms with E-state index in [-0.39, 0.29) is 18.0 Å². The van der Waals surface area contributed by atoms with Crippen molar-refractivity contribution in [3.63, 3.8) is 0 Å². The molecule has 3 aromatic rings. The molecule has 9 nitrogen and oxygen atoms in total. The molecule has 142 valence electrons. The highest BCUT2D eigenvalue weighted by Gasteiger charge is 2.18. The summed E-state index contributed by atoms with van der Waals surface area (Å²) in [4.78, 5) is 32.7. The molecule has 1 atom stereocenters. The van der Waals surface area contributed by atoms with E-state index in [0.717, 1.165) is 4.90 Å². The SMILES string of the molecule is COCC[NH+](CC(=O)Nc1cc(C)on1)Cc1nc2ccccc2c(=O)[nH]1. The molecule has 0 fully saturated rings. The number of nitrogens with one attached hydrogen (secondary N) is 3. The number of amides is 1. The lowest BCUT2D eigenvalue weighted by atomic mass is 10.2. The number of quaternary nitrogens is 1. The van der Waals surface area contributed by atoms with Crippen molar-refractivity contribution in [3.8, 4) is 0 Å². The summed E-state index contributed by atoms with van der Waals surface area (Å²) in [6.45, 7) is 3.36. The largest absolute Gasteiger partial charge is 0.379 e. The maximum Gasteiger partial charge on any atom is 0.280 e. The monoisotopic (exact) mass is 372 g/mol. The Morgan fingerprint density at radius 3 is 2.93 bits per heavy atom. The number of H-pyrrole nitrogens is 1. The fraction of sp³-hybridized carbons (Fsp3) is 0.333. The van der Waals surface area contributed by atoms with Crippen molar-refractivity contribution in [1.82, 2.24) is 15.1 Å². The Kier molecular flexibility index (Phi) is 5.94. The fourth-order valence-corrected chi connectivity index (χ4v) is 2.78. The third-order valence-electron chi connectivity index (χ3n) is 4.05. The summed E-state index contributed by atoms with van der Waals surface area (Å²) in [5, 5.41) is 6.99. The van der Waals surface area contributed by atoms with Gasteiger partial charge in [0.2, 0.25) is 0 Å². The van der Waals surface area contributed by atoms with Crippen molar-refractivity contribution >= 4 is 22.6 Å². The first kappa shape index (κ1) is 18.7. The van der Waals surface area contributed by atoms with Crippen molar-refractivity contribution in [2.45, 2.75) is 13.5 Å². The van der Waals surface area contributed by atoms with Gasteiger partial charge in [-0.25, -0.2) is 4.98 Å². The van der Waals surface area contributed by atoms with E-state index in [1.165, 1.54) is 0 Å². The molecule has 0 aliphatic carbocycles. The van der Waals surface area contributed by atoms with Crippen LogP contribution >= 0.6 is 0 Å². The maximum atomic E-state index is 12.3. The first-order valence-electron chi connectivity index (χ1n) is 8.59. The number of hydrogen-bond donors (Lipinski definition) is 3. The van der Waals surface area contributed by atoms with Crippen LogP contribution in [0.2, 0.25) is 0 Å². The summed E-state index contributed by atoms with van der Waals surface area (Å²) in [7, 11) is 1.60. The number of aromatic amines is 1. The van der Waals surface area contributed by atoms with E-state index in [1.807, 2.05) is 6.07 Å². The molecule has 1 aromatic carbocycles. The van der Waals surface area contributed by atoms with Gasteiger partial charge in [-0.3, -0.25) is 9.59 Å². The van der Waals surface area contributed by atoms with Crippen LogP contribution in [0.15, 0.2) is 39.6 Å². The number of carbonyl (C=O) groups excluding carboxylic acids is 1. The molecule has 0 saturated carbocycles. The Labute approximate surface area is 155 Å². The molecular formula is C18H22N5O4+. The average Bonchev–Trinajstić information content (AvgIpc) is 3.04. The third-order valence-corrected chi connectivity index (χ3v) is 4.05. The van der Waals surface area contributed by atoms with Crippen LogP contribution in [0, 0.1) is 6.92 Å². The lowest BCUT2D eigenvalue weighted by molar-refractivity contribution is -0.906. The molecule has 0 aliphatic rings. The van der Waals surface area contributed by atoms with Crippen molar-refractivity contribution < 1.29 is 19.0 Å². The summed E-state index contributed by atoms with van der Waals surface area (Å²) in [6.07, 6.45) is 0. The van der Waals surface area contributed by atoms with E-state index in [9.17, 15) is 9.59 Å². The van der Waals surface area contributed by atoms with Gasteiger partial charge >= 0.3 is 0 Å². The highest BCUT2D eigenvalue weighted by molar-refractivity contribution is 5.90. The molecule has 0 spiro atoms. The van der Waals surface area contributed by atoms with Gasteiger partial charge in [0, 0.05) is 13.2 Å². The normalized spacial score (nSPS) is 12.2. The van der Waals surface area contributed by atoms with E-state index in [4.69, 9.17) is 9.26 Å². The van der Waals surface area contributed by atoms with Gasteiger partial charge < -0.3 is 24.5 Å². The number of methoxy groups -OCH3 is 1. The number of aromatic nitrogens is 3. The van der Waals surface area contributed by atoms with Gasteiger partial charge in [0.15, 0.2) is 18.2 Å². The number of rotatable bonds is 8. The topological polar surface area (TPSA) is 115 Å². The van der Waals surface area contributed by atoms with Crippen LogP contribution in [0.25, 0.3) is 10.9 Å². The van der Waals surface area contributed by atoms with E-state index in [2.05, 4.69) is 20.4 Å². The molecule has 0 aliphatic heterocycles. The average molecular weight is 372 g/mol. The standard InChI is InChI=1S/C18H21N5O4/c1-12-9-15(22-27-12)20-17(24)11-23(7-8-26-2)10-16-19-14-6-4-3-5-13(14)18(25)21-16/h3-6,9H,7-8,10-11H2,1-2H3,(H,19,21,25)(H,20,22,24)/p+1. The van der Waals surface area contributed by atoms with Gasteiger partial charge in [-0.05, 0) is 19.1 Å². The van der Waals surface area contributed by atoms with Crippen LogP contribution in [0.4, 0.5) is 5.82 Å². The number of nitrogens with zero attached hydrogens (tertiary/aromatic N) is 2. The van der Waals surface area contributed by atoms with E-state index in [1.54, 1.807) is 38.3 Å². The molecule has 0 radical (unpaired) electrons. The summed E-state index contributed by atoms with van der Waals surface area (Å²) in [6, 6.07) is 8.80. The van der Waals surface area contributed by atoms with Crippen LogP contribution in [-0.4, -0.2) is 47.8 Å². The van der Waals surface area contributed by atoms with Crippen molar-refractivity contribution in [2.24, 2.45) is 0 Å². The first-order valence-corrected chi connectivity index (χ1v) is 8.59. The van der Waals surface area contributed by atoms with Gasteiger partial charge in [0.05, 0.1) is 17.5 Å². The lowest BCUT2D eigenvalue weighted by Crippen LogP contribution is -3.12. The third kappa shape index (κ3) is 4.99. The second-order valence-electron chi connectivity index (χ2n) is 6.25. The molecule has 1 amide bonds. The quantitative estimate of drug-likeness (QED) is 0.508. The Hall–Kier alpha value is -3.04. The van der Waals surface area contributed by atoms with Gasteiger partial charge in [-0.15, -0.1) is 0 Å². The number of anilines is 1. The van der Waals surface area contributed by atoms with Gasteiger partial charge in [-0.2, -0.15) is 0 Å². The van der Waals surface area contributed by atoms with E-state index < -0.39 is 0 Å². The lowest BCUT2D eigenvalue weighted by Gasteiger charge is -2.18. The number of para-hydroxylation sites is 1. The number of ether oxygens (including phenoxy) is 1. The summed E-state index contributed by atoms with van der Waals surface area (Å²) >= 11 is 0. The first-order chi connectivity index (χ1) is 13.0. The zero-order chi connectivity index (χ0) is 19.2. The van der Waals surface area contributed by atoms with Crippen LogP contribution < -0.4 is 15.8 Å². The van der Waals surface area contributed by atoms with Gasteiger partial charge in [0.1, 0.15) is 18.8 Å². The molecule has 2 aromatic heterocycles. The Morgan fingerprint density at radius 2 is 2.19 bits per heavy atom. The van der Waals surface area contributed by atoms with Crippen LogP contribution in [0.1, 0.15) is 11.6 Å². The molecule has 1 unspecified atom stereocenters. The van der Waals surface area contributed by atoms with Crippen molar-refractivity contribution in [2.75, 3.05) is 32.1 Å². The van der Waals surface area contributed by atoms with Gasteiger partial charge in [0.25, 0.3) is 11.5 Å². The molecule has 9 heteroatoms. The summed E-state index contributed by atoms with van der Waals surface area (Å²) in [5.74, 6) is 1.31. The predicted octanol–water partition coefficient (Wildman–Crippen LogP) is -0.110. The van der Waals surface area contributed by atoms with Crippen LogP contribution in [0.3, 0.4) is 0 Å². The Morgan fingerprint density at radius 1 is 1.37 bits per heavy atom. The van der Waals surface area contributed by atoms with Crippen LogP contribution in [0.5, 0.6) is 0 Å². The molecule has 27 heavy (non-hydrogen) atoms. The summed E-state index contributed by atoms with van der Waals surface area (Å²) in [5.41, 5.74) is 0.439. The predicted molar refractivity (Wildman–Crippen MR) is 98.5 cm³/mol. The van der Waals surface area contributed by atoms with E-state index >= 15 is 0 Å². The minimum Gasteiger partial charge on any atom is -0.379 e. The minimum atomic E-state index is -0.211. The second kappa shape index (κ2) is 8.56. The maximum absolute atomic E-state index is 12.3. The smallest absolute Gasteiger partial charge is 0.280 e. The van der Waals surface area contributed by atoms with Crippen molar-refractivity contribution in [1.29, 1.82) is 0 Å². The number of hydrogen-bond acceptors (Lipinski definition) is 6. The fourth-order valence-electron chi connectivity index (χ4n) is 2.78. The van der Waals surface area contributed by atoms with Crippen molar-refractivity contribution in [3.05, 3.63) is 52.3 Å². The van der Waals surface area contributed by atoms with Crippen LogP contribution in [-0.2, 0) is 16.1 Å². The highest BCUT2D eigenvalue weighted by atomic mass is 16.5. The van der Waals surface area contributed by atoms with Gasteiger partial charge in [-0.1, -0.05) is 17.3 Å². The molecule has 3 N–H and O–H groups in total. The zero-order valence-electron chi connectivity index (χ0n) is 15.2. The zero-order valence-corrected chi connectivity index (χ0v) is 15.2. The highest BCUT2D eigenvalue weighted by Crippen LogP contribution is 2.06. The molecular weight excluding hydrogens is 350 g/mol. The number of aryl methyl sites for hydroxylation is 1. The second-order valence-corrected chi connectivity index (χ2v) is 6.25. The molecule has 3 rings (SSSR count). The minimum absolute atomic E-state index is 0.172. The number of carbonyl (C=O) groups is 1. The summed E-state index contributed by atoms with van der Waals surface area (Å²) < 4.78 is 10.1. The Bertz CT molecular complexity index is 981. The Balaban J connectivity index is 1.72. The number of benzene rings is 1. The molecule has 0 saturated heterocycles. The molecule has 2 heterocycles.